The second-order valence-electron chi connectivity index (χ2n) is 8.35. The van der Waals surface area contributed by atoms with E-state index >= 15 is 0 Å². The molecule has 0 unspecified atom stereocenters. The van der Waals surface area contributed by atoms with Crippen LogP contribution in [0.3, 0.4) is 0 Å². The number of unbranched alkanes of at least 4 members (excludes halogenated alkanes) is 1. The second kappa shape index (κ2) is 12.3. The van der Waals surface area contributed by atoms with Crippen molar-refractivity contribution in [2.75, 3.05) is 12.3 Å². The molecule has 2 aromatic heterocycles. The Bertz CT molecular complexity index is 1560. The first-order valence-electron chi connectivity index (χ1n) is 11.7. The summed E-state index contributed by atoms with van der Waals surface area (Å²) in [7, 11) is -4.01. The summed E-state index contributed by atoms with van der Waals surface area (Å²) in [6.45, 7) is 0.317. The Hall–Kier alpha value is -3.88. The van der Waals surface area contributed by atoms with Gasteiger partial charge < -0.3 is 20.4 Å². The molecule has 0 aliphatic heterocycles. The fraction of sp³-hybridized carbons (Fsp3) is 0.250. The number of rotatable bonds is 11. The summed E-state index contributed by atoms with van der Waals surface area (Å²) in [4.78, 5) is 24.1. The van der Waals surface area contributed by atoms with E-state index in [1.807, 2.05) is 0 Å². The van der Waals surface area contributed by atoms with E-state index in [-0.39, 0.29) is 34.7 Å². The first-order valence-corrected chi connectivity index (χ1v) is 13.6. The lowest BCUT2D eigenvalue weighted by atomic mass is 10.2. The molecule has 0 saturated carbocycles. The van der Waals surface area contributed by atoms with Crippen molar-refractivity contribution in [2.45, 2.75) is 37.4 Å². The van der Waals surface area contributed by atoms with Crippen LogP contribution in [0.4, 0.5) is 19.4 Å². The fourth-order valence-electron chi connectivity index (χ4n) is 3.61. The number of aromatic nitrogens is 4. The van der Waals surface area contributed by atoms with Crippen molar-refractivity contribution in [2.24, 2.45) is 0 Å². The van der Waals surface area contributed by atoms with Crippen molar-refractivity contribution < 1.29 is 26.7 Å². The van der Waals surface area contributed by atoms with Gasteiger partial charge in [0.15, 0.2) is 11.5 Å². The third kappa shape index (κ3) is 7.16. The SMILES string of the molecule is Nc1nc(Cl)nc2c1ncn2CCCCOC(=O)NCc1ccc(S(=O)(=O)NCc2c(F)cccc2F)cc1. The van der Waals surface area contributed by atoms with E-state index < -0.39 is 34.3 Å². The highest BCUT2D eigenvalue weighted by molar-refractivity contribution is 7.89. The number of ether oxygens (including phenoxy) is 1. The normalized spacial score (nSPS) is 11.6. The van der Waals surface area contributed by atoms with Crippen molar-refractivity contribution in [3.05, 3.63) is 76.8 Å². The highest BCUT2D eigenvalue weighted by Gasteiger charge is 2.17. The number of nitrogens with one attached hydrogen (secondary N) is 2. The van der Waals surface area contributed by atoms with Crippen LogP contribution in [0.25, 0.3) is 11.2 Å². The van der Waals surface area contributed by atoms with Crippen molar-refractivity contribution in [3.8, 4) is 0 Å². The van der Waals surface area contributed by atoms with Crippen LogP contribution in [0.5, 0.6) is 0 Å². The van der Waals surface area contributed by atoms with Gasteiger partial charge in [0.25, 0.3) is 0 Å². The lowest BCUT2D eigenvalue weighted by Gasteiger charge is -2.10. The number of aryl methyl sites for hydroxylation is 1. The summed E-state index contributed by atoms with van der Waals surface area (Å²) in [5.74, 6) is -1.49. The standard InChI is InChI=1S/C24H24ClF2N7O4S/c25-23-32-21(28)20-22(33-23)34(14-30-20)10-1-2-11-38-24(35)29-12-15-6-8-16(9-7-15)39(36,37)31-13-17-18(26)4-3-5-19(17)27/h3-9,14,31H,1-2,10-13H2,(H,29,35)(H2,28,32,33). The number of nitrogen functional groups attached to an aromatic ring is 1. The number of amides is 1. The number of sulfonamides is 1. The van der Waals surface area contributed by atoms with Crippen LogP contribution in [-0.4, -0.2) is 40.6 Å². The molecule has 0 aliphatic carbocycles. The number of hydrogen-bond donors (Lipinski definition) is 3. The summed E-state index contributed by atoms with van der Waals surface area (Å²) in [5.41, 5.74) is 7.03. The monoisotopic (exact) mass is 579 g/mol. The predicted octanol–water partition coefficient (Wildman–Crippen LogP) is 3.53. The molecule has 2 heterocycles. The van der Waals surface area contributed by atoms with Gasteiger partial charge in [-0.25, -0.2) is 31.7 Å². The van der Waals surface area contributed by atoms with Crippen molar-refractivity contribution in [1.82, 2.24) is 29.6 Å². The van der Waals surface area contributed by atoms with Gasteiger partial charge in [0.05, 0.1) is 17.8 Å². The largest absolute Gasteiger partial charge is 0.450 e. The Labute approximate surface area is 227 Å². The maximum absolute atomic E-state index is 13.7. The molecule has 0 radical (unpaired) electrons. The van der Waals surface area contributed by atoms with Crippen LogP contribution in [-0.2, 0) is 34.4 Å². The summed E-state index contributed by atoms with van der Waals surface area (Å²) in [6.07, 6.45) is 2.22. The number of carbonyl (C=O) groups is 1. The molecule has 0 aliphatic rings. The van der Waals surface area contributed by atoms with Crippen molar-refractivity contribution >= 4 is 44.7 Å². The quantitative estimate of drug-likeness (QED) is 0.180. The van der Waals surface area contributed by atoms with E-state index in [1.54, 1.807) is 10.9 Å². The number of nitrogens with zero attached hydrogens (tertiary/aromatic N) is 4. The highest BCUT2D eigenvalue weighted by Crippen LogP contribution is 2.19. The van der Waals surface area contributed by atoms with E-state index in [0.29, 0.717) is 36.1 Å². The lowest BCUT2D eigenvalue weighted by molar-refractivity contribution is 0.143. The molecule has 1 amide bonds. The van der Waals surface area contributed by atoms with Gasteiger partial charge >= 0.3 is 6.09 Å². The Morgan fingerprint density at radius 3 is 2.49 bits per heavy atom. The molecule has 4 rings (SSSR count). The summed E-state index contributed by atoms with van der Waals surface area (Å²) in [6, 6.07) is 8.97. The zero-order chi connectivity index (χ0) is 28.0. The van der Waals surface area contributed by atoms with E-state index in [1.165, 1.54) is 30.3 Å². The average Bonchev–Trinajstić information content (AvgIpc) is 3.30. The maximum atomic E-state index is 13.7. The molecule has 0 saturated heterocycles. The van der Waals surface area contributed by atoms with Crippen LogP contribution in [0.1, 0.15) is 24.0 Å². The number of anilines is 1. The first-order chi connectivity index (χ1) is 18.6. The molecule has 11 nitrogen and oxygen atoms in total. The molecule has 39 heavy (non-hydrogen) atoms. The summed E-state index contributed by atoms with van der Waals surface area (Å²) >= 11 is 5.86. The number of benzene rings is 2. The smallest absolute Gasteiger partial charge is 0.407 e. The molecule has 4 N–H and O–H groups in total. The van der Waals surface area contributed by atoms with Gasteiger partial charge in [-0.1, -0.05) is 18.2 Å². The lowest BCUT2D eigenvalue weighted by Crippen LogP contribution is -2.25. The zero-order valence-electron chi connectivity index (χ0n) is 20.4. The van der Waals surface area contributed by atoms with E-state index in [9.17, 15) is 22.0 Å². The van der Waals surface area contributed by atoms with Gasteiger partial charge in [-0.2, -0.15) is 9.97 Å². The van der Waals surface area contributed by atoms with Crippen LogP contribution < -0.4 is 15.8 Å². The topological polar surface area (TPSA) is 154 Å². The minimum absolute atomic E-state index is 0.0334. The Morgan fingerprint density at radius 2 is 1.77 bits per heavy atom. The summed E-state index contributed by atoms with van der Waals surface area (Å²) in [5, 5.41) is 2.62. The Kier molecular flexibility index (Phi) is 8.89. The molecular formula is C24H24ClF2N7O4S. The third-order valence-electron chi connectivity index (χ3n) is 5.66. The first kappa shape index (κ1) is 28.1. The minimum Gasteiger partial charge on any atom is -0.450 e. The van der Waals surface area contributed by atoms with E-state index in [0.717, 1.165) is 12.1 Å². The van der Waals surface area contributed by atoms with Gasteiger partial charge in [-0.15, -0.1) is 0 Å². The summed E-state index contributed by atoms with van der Waals surface area (Å²) < 4.78 is 61.6. The van der Waals surface area contributed by atoms with E-state index in [4.69, 9.17) is 22.1 Å². The highest BCUT2D eigenvalue weighted by atomic mass is 35.5. The van der Waals surface area contributed by atoms with E-state index in [2.05, 4.69) is 25.0 Å². The Balaban J connectivity index is 1.18. The van der Waals surface area contributed by atoms with Crippen molar-refractivity contribution in [3.63, 3.8) is 0 Å². The molecule has 0 bridgehead atoms. The maximum Gasteiger partial charge on any atom is 0.407 e. The Morgan fingerprint density at radius 1 is 1.05 bits per heavy atom. The number of imidazole rings is 1. The number of carbonyl (C=O) groups excluding carboxylic acids is 1. The number of nitrogens with two attached hydrogens (primary N) is 1. The van der Waals surface area contributed by atoms with Crippen LogP contribution in [0.15, 0.2) is 53.7 Å². The molecule has 15 heteroatoms. The molecule has 4 aromatic rings. The third-order valence-corrected chi connectivity index (χ3v) is 7.25. The minimum atomic E-state index is -4.01. The molecule has 2 aromatic carbocycles. The predicted molar refractivity (Wildman–Crippen MR) is 139 cm³/mol. The molecule has 0 atom stereocenters. The number of fused-ring (bicyclic) bond motifs is 1. The van der Waals surface area contributed by atoms with Gasteiger partial charge in [0.2, 0.25) is 15.3 Å². The van der Waals surface area contributed by atoms with Gasteiger partial charge in [-0.05, 0) is 54.3 Å². The second-order valence-corrected chi connectivity index (χ2v) is 10.5. The van der Waals surface area contributed by atoms with Gasteiger partial charge in [-0.3, -0.25) is 0 Å². The number of alkyl carbamates (subject to hydrolysis) is 1. The van der Waals surface area contributed by atoms with Crippen LogP contribution in [0.2, 0.25) is 5.28 Å². The van der Waals surface area contributed by atoms with Crippen LogP contribution >= 0.6 is 11.6 Å². The number of halogens is 3. The van der Waals surface area contributed by atoms with Crippen LogP contribution in [0, 0.1) is 11.6 Å². The average molecular weight is 580 g/mol. The fourth-order valence-corrected chi connectivity index (χ4v) is 4.78. The number of hydrogen-bond acceptors (Lipinski definition) is 8. The molecular weight excluding hydrogens is 556 g/mol. The zero-order valence-corrected chi connectivity index (χ0v) is 22.0. The van der Waals surface area contributed by atoms with Gasteiger partial charge in [0.1, 0.15) is 17.2 Å². The molecule has 0 fully saturated rings. The van der Waals surface area contributed by atoms with Gasteiger partial charge in [0, 0.05) is 25.2 Å². The molecule has 206 valence electrons. The molecule has 0 spiro atoms. The van der Waals surface area contributed by atoms with Crippen molar-refractivity contribution in [1.29, 1.82) is 0 Å².